The molecular formula is C13H17BrClNO2. The molecule has 0 aliphatic heterocycles. The lowest BCUT2D eigenvalue weighted by molar-refractivity contribution is -0.123. The van der Waals surface area contributed by atoms with Crippen LogP contribution in [-0.2, 0) is 4.79 Å². The van der Waals surface area contributed by atoms with Crippen molar-refractivity contribution in [1.29, 1.82) is 0 Å². The number of alkyl halides is 1. The van der Waals surface area contributed by atoms with Crippen molar-refractivity contribution in [3.05, 3.63) is 29.3 Å². The molecule has 1 atom stereocenters. The summed E-state index contributed by atoms with van der Waals surface area (Å²) in [5.74, 6) is 0.838. The molecule has 5 heteroatoms. The molecule has 0 heterocycles. The van der Waals surface area contributed by atoms with Crippen LogP contribution in [0.1, 0.15) is 13.8 Å². The monoisotopic (exact) mass is 333 g/mol. The molecular weight excluding hydrogens is 318 g/mol. The van der Waals surface area contributed by atoms with E-state index in [-0.39, 0.29) is 18.6 Å². The average molecular weight is 335 g/mol. The van der Waals surface area contributed by atoms with Gasteiger partial charge in [0.25, 0.3) is 5.91 Å². The smallest absolute Gasteiger partial charge is 0.258 e. The lowest BCUT2D eigenvalue weighted by atomic mass is 10.1. The second-order valence-corrected chi connectivity index (χ2v) is 5.40. The third-order valence-electron chi connectivity index (χ3n) is 2.48. The Morgan fingerprint density at radius 2 is 2.22 bits per heavy atom. The Kier molecular flexibility index (Phi) is 6.50. The Morgan fingerprint density at radius 1 is 1.50 bits per heavy atom. The van der Waals surface area contributed by atoms with Gasteiger partial charge in [-0.05, 0) is 24.1 Å². The maximum Gasteiger partial charge on any atom is 0.258 e. The van der Waals surface area contributed by atoms with Crippen LogP contribution >= 0.6 is 27.5 Å². The van der Waals surface area contributed by atoms with E-state index in [1.165, 1.54) is 0 Å². The summed E-state index contributed by atoms with van der Waals surface area (Å²) in [5, 5.41) is 4.23. The zero-order valence-corrected chi connectivity index (χ0v) is 12.8. The lowest BCUT2D eigenvalue weighted by Crippen LogP contribution is -2.42. The number of halogens is 2. The van der Waals surface area contributed by atoms with Gasteiger partial charge in [-0.1, -0.05) is 47.4 Å². The Bertz CT molecular complexity index is 398. The molecule has 0 saturated heterocycles. The van der Waals surface area contributed by atoms with E-state index in [0.717, 1.165) is 5.33 Å². The van der Waals surface area contributed by atoms with E-state index in [1.54, 1.807) is 24.3 Å². The highest BCUT2D eigenvalue weighted by Crippen LogP contribution is 2.16. The number of carbonyl (C=O) groups excluding carboxylic acids is 1. The summed E-state index contributed by atoms with van der Waals surface area (Å²) in [5.41, 5.74) is 0. The van der Waals surface area contributed by atoms with Crippen molar-refractivity contribution in [2.45, 2.75) is 19.9 Å². The number of amides is 1. The van der Waals surface area contributed by atoms with Crippen LogP contribution in [0.4, 0.5) is 0 Å². The van der Waals surface area contributed by atoms with Crippen molar-refractivity contribution >= 4 is 33.4 Å². The molecule has 0 aromatic heterocycles. The number of hydrogen-bond acceptors (Lipinski definition) is 2. The van der Waals surface area contributed by atoms with Crippen molar-refractivity contribution in [1.82, 2.24) is 5.32 Å². The highest BCUT2D eigenvalue weighted by Gasteiger charge is 2.14. The first-order valence-corrected chi connectivity index (χ1v) is 7.26. The molecule has 0 bridgehead atoms. The van der Waals surface area contributed by atoms with Gasteiger partial charge in [-0.2, -0.15) is 0 Å². The predicted octanol–water partition coefficient (Wildman–Crippen LogP) is 3.25. The van der Waals surface area contributed by atoms with Gasteiger partial charge in [-0.3, -0.25) is 4.79 Å². The molecule has 0 spiro atoms. The van der Waals surface area contributed by atoms with E-state index in [4.69, 9.17) is 16.3 Å². The van der Waals surface area contributed by atoms with Crippen LogP contribution < -0.4 is 10.1 Å². The molecule has 3 nitrogen and oxygen atoms in total. The Labute approximate surface area is 121 Å². The van der Waals surface area contributed by atoms with Gasteiger partial charge in [0.1, 0.15) is 5.75 Å². The summed E-state index contributed by atoms with van der Waals surface area (Å²) < 4.78 is 5.36. The number of benzene rings is 1. The second-order valence-electron chi connectivity index (χ2n) is 4.32. The second kappa shape index (κ2) is 7.64. The molecule has 0 saturated carbocycles. The fourth-order valence-electron chi connectivity index (χ4n) is 1.34. The molecule has 0 radical (unpaired) electrons. The molecule has 1 unspecified atom stereocenters. The van der Waals surface area contributed by atoms with E-state index in [2.05, 4.69) is 35.1 Å². The van der Waals surface area contributed by atoms with Crippen molar-refractivity contribution in [3.8, 4) is 5.75 Å². The minimum absolute atomic E-state index is 0.00341. The molecule has 0 aliphatic carbocycles. The molecule has 1 aromatic carbocycles. The van der Waals surface area contributed by atoms with E-state index >= 15 is 0 Å². The van der Waals surface area contributed by atoms with Crippen molar-refractivity contribution in [3.63, 3.8) is 0 Å². The van der Waals surface area contributed by atoms with Crippen LogP contribution in [0.2, 0.25) is 5.02 Å². The van der Waals surface area contributed by atoms with Gasteiger partial charge < -0.3 is 10.1 Å². The van der Waals surface area contributed by atoms with Gasteiger partial charge in [-0.15, -0.1) is 0 Å². The molecule has 1 aromatic rings. The van der Waals surface area contributed by atoms with Crippen molar-refractivity contribution in [2.24, 2.45) is 5.92 Å². The largest absolute Gasteiger partial charge is 0.484 e. The minimum Gasteiger partial charge on any atom is -0.484 e. The summed E-state index contributed by atoms with van der Waals surface area (Å²) in [6, 6.07) is 7.10. The fourth-order valence-corrected chi connectivity index (χ4v) is 2.43. The summed E-state index contributed by atoms with van der Waals surface area (Å²) in [7, 11) is 0. The predicted molar refractivity (Wildman–Crippen MR) is 77.5 cm³/mol. The third kappa shape index (κ3) is 5.27. The molecule has 0 aliphatic rings. The fraction of sp³-hybridized carbons (Fsp3) is 0.462. The first-order valence-electron chi connectivity index (χ1n) is 5.76. The van der Waals surface area contributed by atoms with E-state index in [9.17, 15) is 4.79 Å². The van der Waals surface area contributed by atoms with Gasteiger partial charge >= 0.3 is 0 Å². The van der Waals surface area contributed by atoms with E-state index in [0.29, 0.717) is 16.7 Å². The first-order chi connectivity index (χ1) is 8.52. The van der Waals surface area contributed by atoms with Gasteiger partial charge in [0.15, 0.2) is 6.61 Å². The summed E-state index contributed by atoms with van der Waals surface area (Å²) in [6.45, 7) is 4.12. The maximum atomic E-state index is 11.7. The highest BCUT2D eigenvalue weighted by molar-refractivity contribution is 9.09. The van der Waals surface area contributed by atoms with Crippen LogP contribution in [0.15, 0.2) is 24.3 Å². The Morgan fingerprint density at radius 3 is 2.78 bits per heavy atom. The Hall–Kier alpha value is -0.740. The third-order valence-corrected chi connectivity index (χ3v) is 3.42. The SMILES string of the molecule is CC(C)C(CBr)NC(=O)COc1cccc(Cl)c1. The van der Waals surface area contributed by atoms with Crippen molar-refractivity contribution in [2.75, 3.05) is 11.9 Å². The number of ether oxygens (including phenoxy) is 1. The standard InChI is InChI=1S/C13H17BrClNO2/c1-9(2)12(7-14)16-13(17)8-18-11-5-3-4-10(15)6-11/h3-6,9,12H,7-8H2,1-2H3,(H,16,17). The van der Waals surface area contributed by atoms with E-state index in [1.807, 2.05) is 0 Å². The zero-order chi connectivity index (χ0) is 13.5. The van der Waals surface area contributed by atoms with Gasteiger partial charge in [0.05, 0.1) is 0 Å². The first kappa shape index (κ1) is 15.3. The van der Waals surface area contributed by atoms with Gasteiger partial charge in [-0.25, -0.2) is 0 Å². The van der Waals surface area contributed by atoms with Crippen LogP contribution in [-0.4, -0.2) is 23.9 Å². The number of rotatable bonds is 6. The molecule has 100 valence electrons. The molecule has 1 N–H and O–H groups in total. The van der Waals surface area contributed by atoms with Crippen LogP contribution in [0.25, 0.3) is 0 Å². The molecule has 1 rings (SSSR count). The number of nitrogens with one attached hydrogen (secondary N) is 1. The highest BCUT2D eigenvalue weighted by atomic mass is 79.9. The lowest BCUT2D eigenvalue weighted by Gasteiger charge is -2.19. The van der Waals surface area contributed by atoms with Crippen molar-refractivity contribution < 1.29 is 9.53 Å². The van der Waals surface area contributed by atoms with Gasteiger partial charge in [0.2, 0.25) is 0 Å². The minimum atomic E-state index is -0.131. The summed E-state index contributed by atoms with van der Waals surface area (Å²) in [4.78, 5) is 11.7. The van der Waals surface area contributed by atoms with E-state index < -0.39 is 0 Å². The Balaban J connectivity index is 2.41. The molecule has 1 amide bonds. The zero-order valence-electron chi connectivity index (χ0n) is 10.5. The molecule has 18 heavy (non-hydrogen) atoms. The normalized spacial score (nSPS) is 12.3. The topological polar surface area (TPSA) is 38.3 Å². The summed E-state index contributed by atoms with van der Waals surface area (Å²) >= 11 is 9.20. The molecule has 0 fully saturated rings. The maximum absolute atomic E-state index is 11.7. The van der Waals surface area contributed by atoms with Crippen LogP contribution in [0.3, 0.4) is 0 Å². The van der Waals surface area contributed by atoms with Crippen LogP contribution in [0, 0.1) is 5.92 Å². The quantitative estimate of drug-likeness (QED) is 0.811. The van der Waals surface area contributed by atoms with Crippen LogP contribution in [0.5, 0.6) is 5.75 Å². The number of hydrogen-bond donors (Lipinski definition) is 1. The van der Waals surface area contributed by atoms with Gasteiger partial charge in [0, 0.05) is 16.4 Å². The summed E-state index contributed by atoms with van der Waals surface area (Å²) in [6.07, 6.45) is 0. The average Bonchev–Trinajstić information content (AvgIpc) is 2.33. The number of carbonyl (C=O) groups is 1.